The molecule has 0 bridgehead atoms. The van der Waals surface area contributed by atoms with Crippen LogP contribution in [0.25, 0.3) is 10.9 Å². The molecule has 1 aliphatic rings. The highest BCUT2D eigenvalue weighted by molar-refractivity contribution is 6.31. The topological polar surface area (TPSA) is 68.4 Å². The Balaban J connectivity index is 1.38. The number of aromatic nitrogens is 1. The van der Waals surface area contributed by atoms with E-state index in [0.717, 1.165) is 10.9 Å². The zero-order valence-corrected chi connectivity index (χ0v) is 16.6. The summed E-state index contributed by atoms with van der Waals surface area (Å²) in [6.07, 6.45) is 0. The summed E-state index contributed by atoms with van der Waals surface area (Å²) >= 11 is 6.01. The number of nitrogens with zero attached hydrogens (tertiary/aromatic N) is 2. The molecule has 0 unspecified atom stereocenters. The summed E-state index contributed by atoms with van der Waals surface area (Å²) in [7, 11) is 0. The smallest absolute Gasteiger partial charge is 0.321 e. The minimum absolute atomic E-state index is 0.105. The summed E-state index contributed by atoms with van der Waals surface area (Å²) in [5, 5.41) is 4.30. The van der Waals surface area contributed by atoms with Gasteiger partial charge in [0, 0.05) is 47.8 Å². The van der Waals surface area contributed by atoms with Gasteiger partial charge in [0.25, 0.3) is 5.91 Å². The number of rotatable bonds is 2. The molecule has 1 aromatic heterocycles. The second kappa shape index (κ2) is 7.75. The molecule has 3 aromatic rings. The van der Waals surface area contributed by atoms with Crippen LogP contribution < -0.4 is 5.32 Å². The Bertz CT molecular complexity index is 1090. The van der Waals surface area contributed by atoms with Crippen LogP contribution in [0.15, 0.2) is 42.5 Å². The van der Waals surface area contributed by atoms with Crippen LogP contribution >= 0.6 is 11.6 Å². The van der Waals surface area contributed by atoms with E-state index >= 15 is 0 Å². The lowest BCUT2D eigenvalue weighted by molar-refractivity contribution is 0.0667. The number of hydrogen-bond donors (Lipinski definition) is 2. The number of carbonyl (C=O) groups excluding carboxylic acids is 2. The van der Waals surface area contributed by atoms with Gasteiger partial charge in [-0.3, -0.25) is 4.79 Å². The van der Waals surface area contributed by atoms with Crippen molar-refractivity contribution < 1.29 is 14.0 Å². The van der Waals surface area contributed by atoms with Crippen LogP contribution in [-0.4, -0.2) is 52.9 Å². The highest BCUT2D eigenvalue weighted by Gasteiger charge is 2.26. The maximum absolute atomic E-state index is 13.2. The second-order valence-corrected chi connectivity index (χ2v) is 7.52. The van der Waals surface area contributed by atoms with Crippen LogP contribution in [0.5, 0.6) is 0 Å². The SMILES string of the molecule is Cc1cc(F)ccc1NC(=O)N1CCN(C(=O)c2cc3cc(Cl)ccc3[nH]2)CC1. The fourth-order valence-electron chi connectivity index (χ4n) is 3.46. The molecule has 2 heterocycles. The number of aromatic amines is 1. The van der Waals surface area contributed by atoms with Crippen molar-refractivity contribution in [3.8, 4) is 0 Å². The van der Waals surface area contributed by atoms with E-state index in [1.165, 1.54) is 12.1 Å². The fraction of sp³-hybridized carbons (Fsp3) is 0.238. The van der Waals surface area contributed by atoms with E-state index in [2.05, 4.69) is 10.3 Å². The fourth-order valence-corrected chi connectivity index (χ4v) is 3.64. The highest BCUT2D eigenvalue weighted by Crippen LogP contribution is 2.21. The van der Waals surface area contributed by atoms with Crippen molar-refractivity contribution in [2.75, 3.05) is 31.5 Å². The Morgan fingerprint density at radius 2 is 1.76 bits per heavy atom. The molecule has 0 atom stereocenters. The first-order valence-corrected chi connectivity index (χ1v) is 9.68. The van der Waals surface area contributed by atoms with Crippen molar-refractivity contribution in [3.05, 3.63) is 64.6 Å². The van der Waals surface area contributed by atoms with Crippen LogP contribution in [-0.2, 0) is 0 Å². The highest BCUT2D eigenvalue weighted by atomic mass is 35.5. The lowest BCUT2D eigenvalue weighted by atomic mass is 10.2. The van der Waals surface area contributed by atoms with Crippen molar-refractivity contribution in [2.45, 2.75) is 6.92 Å². The quantitative estimate of drug-likeness (QED) is 0.658. The molecule has 0 spiro atoms. The van der Waals surface area contributed by atoms with Crippen LogP contribution in [0.1, 0.15) is 16.1 Å². The Labute approximate surface area is 172 Å². The van der Waals surface area contributed by atoms with Crippen LogP contribution in [0, 0.1) is 12.7 Å². The lowest BCUT2D eigenvalue weighted by Crippen LogP contribution is -2.51. The van der Waals surface area contributed by atoms with Gasteiger partial charge in [-0.2, -0.15) is 0 Å². The number of piperazine rings is 1. The van der Waals surface area contributed by atoms with Gasteiger partial charge in [0.1, 0.15) is 11.5 Å². The molecule has 0 aliphatic carbocycles. The molecule has 150 valence electrons. The molecule has 6 nitrogen and oxygen atoms in total. The van der Waals surface area contributed by atoms with Gasteiger partial charge in [0.2, 0.25) is 0 Å². The zero-order chi connectivity index (χ0) is 20.5. The standard InChI is InChI=1S/C21H20ClFN4O2/c1-13-10-16(23)3-5-17(13)25-21(29)27-8-6-26(7-9-27)20(28)19-12-14-11-15(22)2-4-18(14)24-19/h2-5,10-12,24H,6-9H2,1H3,(H,25,29). The Hall–Kier alpha value is -3.06. The van der Waals surface area contributed by atoms with E-state index in [1.807, 2.05) is 12.1 Å². The number of H-pyrrole nitrogens is 1. The molecule has 1 saturated heterocycles. The molecule has 0 radical (unpaired) electrons. The third-order valence-electron chi connectivity index (χ3n) is 5.10. The molecule has 2 aromatic carbocycles. The van der Waals surface area contributed by atoms with Gasteiger partial charge in [-0.05, 0) is 55.0 Å². The average molecular weight is 415 g/mol. The van der Waals surface area contributed by atoms with E-state index in [9.17, 15) is 14.0 Å². The zero-order valence-electron chi connectivity index (χ0n) is 15.8. The molecule has 0 saturated carbocycles. The van der Waals surface area contributed by atoms with Crippen molar-refractivity contribution in [2.24, 2.45) is 0 Å². The molecular formula is C21H20ClFN4O2. The Kier molecular flexibility index (Phi) is 5.15. The van der Waals surface area contributed by atoms with Gasteiger partial charge in [-0.1, -0.05) is 11.6 Å². The van der Waals surface area contributed by atoms with E-state index in [0.29, 0.717) is 48.1 Å². The predicted octanol–water partition coefficient (Wildman–Crippen LogP) is 4.26. The van der Waals surface area contributed by atoms with Crippen molar-refractivity contribution in [1.29, 1.82) is 0 Å². The van der Waals surface area contributed by atoms with Gasteiger partial charge in [0.05, 0.1) is 0 Å². The molecule has 4 rings (SSSR count). The number of aryl methyl sites for hydroxylation is 1. The molecule has 3 amide bonds. The first kappa shape index (κ1) is 19.3. The Morgan fingerprint density at radius 3 is 2.48 bits per heavy atom. The molecular weight excluding hydrogens is 395 g/mol. The summed E-state index contributed by atoms with van der Waals surface area (Å²) in [6.45, 7) is 3.45. The number of urea groups is 1. The van der Waals surface area contributed by atoms with Gasteiger partial charge < -0.3 is 20.1 Å². The maximum atomic E-state index is 13.2. The van der Waals surface area contributed by atoms with E-state index in [1.54, 1.807) is 34.9 Å². The number of nitrogens with one attached hydrogen (secondary N) is 2. The Morgan fingerprint density at radius 1 is 1.03 bits per heavy atom. The van der Waals surface area contributed by atoms with Gasteiger partial charge >= 0.3 is 6.03 Å². The number of anilines is 1. The van der Waals surface area contributed by atoms with Gasteiger partial charge in [-0.25, -0.2) is 9.18 Å². The first-order valence-electron chi connectivity index (χ1n) is 9.30. The summed E-state index contributed by atoms with van der Waals surface area (Å²) in [5.74, 6) is -0.446. The monoisotopic (exact) mass is 414 g/mol. The van der Waals surface area contributed by atoms with Crippen molar-refractivity contribution >= 4 is 40.1 Å². The first-order chi connectivity index (χ1) is 13.9. The summed E-state index contributed by atoms with van der Waals surface area (Å²) in [4.78, 5) is 31.8. The number of benzene rings is 2. The predicted molar refractivity (Wildman–Crippen MR) is 111 cm³/mol. The number of halogens is 2. The minimum Gasteiger partial charge on any atom is -0.351 e. The van der Waals surface area contributed by atoms with E-state index < -0.39 is 0 Å². The molecule has 1 aliphatic heterocycles. The van der Waals surface area contributed by atoms with Crippen molar-refractivity contribution in [3.63, 3.8) is 0 Å². The second-order valence-electron chi connectivity index (χ2n) is 7.08. The van der Waals surface area contributed by atoms with Crippen LogP contribution in [0.3, 0.4) is 0 Å². The molecule has 8 heteroatoms. The number of amides is 3. The number of carbonyl (C=O) groups is 2. The summed E-state index contributed by atoms with van der Waals surface area (Å²) in [5.41, 5.74) is 2.59. The van der Waals surface area contributed by atoms with Crippen molar-refractivity contribution in [1.82, 2.24) is 14.8 Å². The van der Waals surface area contributed by atoms with Crippen LogP contribution in [0.2, 0.25) is 5.02 Å². The van der Waals surface area contributed by atoms with Crippen LogP contribution in [0.4, 0.5) is 14.9 Å². The summed E-state index contributed by atoms with van der Waals surface area (Å²) < 4.78 is 13.2. The summed E-state index contributed by atoms with van der Waals surface area (Å²) in [6, 6.07) is 11.2. The number of fused-ring (bicyclic) bond motifs is 1. The number of hydrogen-bond acceptors (Lipinski definition) is 2. The van der Waals surface area contributed by atoms with E-state index in [-0.39, 0.29) is 17.8 Å². The molecule has 1 fully saturated rings. The molecule has 29 heavy (non-hydrogen) atoms. The minimum atomic E-state index is -0.341. The van der Waals surface area contributed by atoms with Gasteiger partial charge in [0.15, 0.2) is 0 Å². The maximum Gasteiger partial charge on any atom is 0.321 e. The normalized spacial score (nSPS) is 14.3. The largest absolute Gasteiger partial charge is 0.351 e. The third-order valence-corrected chi connectivity index (χ3v) is 5.33. The lowest BCUT2D eigenvalue weighted by Gasteiger charge is -2.34. The molecule has 2 N–H and O–H groups in total. The average Bonchev–Trinajstić information content (AvgIpc) is 3.12. The van der Waals surface area contributed by atoms with Gasteiger partial charge in [-0.15, -0.1) is 0 Å². The third kappa shape index (κ3) is 4.05. The van der Waals surface area contributed by atoms with E-state index in [4.69, 9.17) is 11.6 Å².